The maximum Gasteiger partial charge on any atom is 0.188 e. The van der Waals surface area contributed by atoms with Gasteiger partial charge in [-0.2, -0.15) is 5.10 Å². The van der Waals surface area contributed by atoms with Crippen LogP contribution in [0.5, 0.6) is 0 Å². The van der Waals surface area contributed by atoms with Gasteiger partial charge in [-0.3, -0.25) is 9.48 Å². The molecule has 2 heterocycles. The number of aryl methyl sites for hydroxylation is 1. The predicted octanol–water partition coefficient (Wildman–Crippen LogP) is 2.54. The molecule has 19 heavy (non-hydrogen) atoms. The molecule has 1 aliphatic rings. The Bertz CT molecular complexity index is 656. The van der Waals surface area contributed by atoms with E-state index in [0.717, 1.165) is 22.3 Å². The second kappa shape index (κ2) is 4.03. The molecule has 4 nitrogen and oxygen atoms in total. The molecule has 4 heteroatoms. The Balaban J connectivity index is 2.15. The van der Waals surface area contributed by atoms with Crippen LogP contribution in [0.1, 0.15) is 29.8 Å². The first-order valence-corrected chi connectivity index (χ1v) is 6.28. The van der Waals surface area contributed by atoms with Crippen molar-refractivity contribution in [1.82, 2.24) is 9.78 Å². The number of hydrogen-bond acceptors (Lipinski definition) is 3. The molecule has 1 aliphatic heterocycles. The predicted molar refractivity (Wildman–Crippen MR) is 72.0 cm³/mol. The van der Waals surface area contributed by atoms with Crippen molar-refractivity contribution < 1.29 is 9.53 Å². The minimum atomic E-state index is -0.429. The zero-order valence-electron chi connectivity index (χ0n) is 11.3. The van der Waals surface area contributed by atoms with Crippen molar-refractivity contribution >= 4 is 5.78 Å². The summed E-state index contributed by atoms with van der Waals surface area (Å²) in [5.74, 6) is 0.0482. The molecule has 0 N–H and O–H groups in total. The fourth-order valence-electron chi connectivity index (χ4n) is 2.44. The van der Waals surface area contributed by atoms with Crippen molar-refractivity contribution in [3.63, 3.8) is 0 Å². The van der Waals surface area contributed by atoms with Gasteiger partial charge in [-0.15, -0.1) is 0 Å². The van der Waals surface area contributed by atoms with E-state index < -0.39 is 5.60 Å². The maximum atomic E-state index is 11.9. The number of ether oxygens (including phenoxy) is 1. The summed E-state index contributed by atoms with van der Waals surface area (Å²) in [6, 6.07) is 5.89. The topological polar surface area (TPSA) is 44.1 Å². The first kappa shape index (κ1) is 12.1. The summed E-state index contributed by atoms with van der Waals surface area (Å²) >= 11 is 0. The van der Waals surface area contributed by atoms with Crippen LogP contribution in [-0.4, -0.2) is 22.2 Å². The summed E-state index contributed by atoms with van der Waals surface area (Å²) in [6.07, 6.45) is 3.78. The number of aromatic nitrogens is 2. The first-order valence-electron chi connectivity index (χ1n) is 6.28. The van der Waals surface area contributed by atoms with Gasteiger partial charge in [0.2, 0.25) is 0 Å². The number of benzene rings is 1. The Labute approximate surface area is 112 Å². The van der Waals surface area contributed by atoms with Gasteiger partial charge >= 0.3 is 0 Å². The molecule has 3 rings (SSSR count). The van der Waals surface area contributed by atoms with E-state index in [1.54, 1.807) is 4.68 Å². The molecular weight excluding hydrogens is 240 g/mol. The summed E-state index contributed by atoms with van der Waals surface area (Å²) in [7, 11) is 1.89. The quantitative estimate of drug-likeness (QED) is 0.787. The van der Waals surface area contributed by atoms with E-state index in [9.17, 15) is 4.79 Å². The van der Waals surface area contributed by atoms with Crippen LogP contribution in [0, 0.1) is 0 Å². The normalized spacial score (nSPS) is 17.3. The molecule has 0 fully saturated rings. The minimum absolute atomic E-state index is 0.0482. The third-order valence-electron chi connectivity index (χ3n) is 3.57. The van der Waals surface area contributed by atoms with Crippen molar-refractivity contribution in [2.45, 2.75) is 19.4 Å². The number of carbonyl (C=O) groups excluding carboxylic acids is 1. The second-order valence-electron chi connectivity index (χ2n) is 5.39. The van der Waals surface area contributed by atoms with Gasteiger partial charge in [0.05, 0.1) is 11.8 Å². The zero-order valence-corrected chi connectivity index (χ0v) is 11.3. The van der Waals surface area contributed by atoms with E-state index in [4.69, 9.17) is 4.74 Å². The molecule has 0 unspecified atom stereocenters. The van der Waals surface area contributed by atoms with Crippen molar-refractivity contribution in [3.8, 4) is 11.1 Å². The number of hydrogen-bond donors (Lipinski definition) is 0. The van der Waals surface area contributed by atoms with Crippen molar-refractivity contribution in [2.24, 2.45) is 7.05 Å². The summed E-state index contributed by atoms with van der Waals surface area (Å²) < 4.78 is 7.40. The Kier molecular flexibility index (Phi) is 2.57. The number of ketones is 1. The molecule has 0 saturated carbocycles. The number of nitrogens with zero attached hydrogens (tertiary/aromatic N) is 2. The van der Waals surface area contributed by atoms with E-state index in [-0.39, 0.29) is 12.4 Å². The summed E-state index contributed by atoms with van der Waals surface area (Å²) in [6.45, 7) is 4.14. The molecule has 0 spiro atoms. The van der Waals surface area contributed by atoms with Crippen LogP contribution in [-0.2, 0) is 17.4 Å². The Hall–Kier alpha value is -1.94. The lowest BCUT2D eigenvalue weighted by atomic mass is 9.86. The highest BCUT2D eigenvalue weighted by Gasteiger charge is 2.32. The molecule has 0 aliphatic carbocycles. The number of fused-ring (bicyclic) bond motifs is 1. The van der Waals surface area contributed by atoms with Gasteiger partial charge in [-0.1, -0.05) is 12.1 Å². The van der Waals surface area contributed by atoms with E-state index in [0.29, 0.717) is 0 Å². The lowest BCUT2D eigenvalue weighted by molar-refractivity contribution is -0.0219. The summed E-state index contributed by atoms with van der Waals surface area (Å²) in [5, 5.41) is 4.17. The van der Waals surface area contributed by atoms with Gasteiger partial charge in [0, 0.05) is 24.4 Å². The standard InChI is InChI=1S/C15H16N2O2/c1-15(2)13-6-10(11-7-16-17(3)8-11)4-5-12(13)14(18)9-19-15/h4-8H,9H2,1-3H3. The van der Waals surface area contributed by atoms with Crippen LogP contribution in [0.25, 0.3) is 11.1 Å². The zero-order chi connectivity index (χ0) is 13.6. The largest absolute Gasteiger partial charge is 0.363 e. The maximum absolute atomic E-state index is 11.9. The monoisotopic (exact) mass is 256 g/mol. The van der Waals surface area contributed by atoms with Crippen molar-refractivity contribution in [3.05, 3.63) is 41.7 Å². The Morgan fingerprint density at radius 2 is 2.11 bits per heavy atom. The highest BCUT2D eigenvalue weighted by molar-refractivity contribution is 6.00. The van der Waals surface area contributed by atoms with E-state index in [1.165, 1.54) is 0 Å². The van der Waals surface area contributed by atoms with Gasteiger partial charge in [-0.25, -0.2) is 0 Å². The van der Waals surface area contributed by atoms with Crippen LogP contribution in [0.3, 0.4) is 0 Å². The average molecular weight is 256 g/mol. The van der Waals surface area contributed by atoms with Crippen LogP contribution < -0.4 is 0 Å². The molecule has 98 valence electrons. The molecule has 0 saturated heterocycles. The SMILES string of the molecule is Cn1cc(-c2ccc3c(c2)C(C)(C)OCC3=O)cn1. The van der Waals surface area contributed by atoms with E-state index in [1.807, 2.05) is 51.5 Å². The highest BCUT2D eigenvalue weighted by Crippen LogP contribution is 2.35. The Morgan fingerprint density at radius 3 is 2.79 bits per heavy atom. The lowest BCUT2D eigenvalue weighted by Crippen LogP contribution is -2.33. The van der Waals surface area contributed by atoms with Crippen LogP contribution in [0.4, 0.5) is 0 Å². The molecule has 2 aromatic rings. The third kappa shape index (κ3) is 1.98. The summed E-state index contributed by atoms with van der Waals surface area (Å²) in [4.78, 5) is 11.9. The molecule has 0 amide bonds. The Morgan fingerprint density at radius 1 is 1.32 bits per heavy atom. The van der Waals surface area contributed by atoms with Crippen molar-refractivity contribution in [1.29, 1.82) is 0 Å². The number of Topliss-reactive ketones (excluding diaryl/α,β-unsaturated/α-hetero) is 1. The van der Waals surface area contributed by atoms with Crippen molar-refractivity contribution in [2.75, 3.05) is 6.61 Å². The highest BCUT2D eigenvalue weighted by atomic mass is 16.5. The lowest BCUT2D eigenvalue weighted by Gasteiger charge is -2.32. The van der Waals surface area contributed by atoms with Gasteiger partial charge in [0.1, 0.15) is 6.61 Å². The van der Waals surface area contributed by atoms with E-state index in [2.05, 4.69) is 5.10 Å². The van der Waals surface area contributed by atoms with Gasteiger partial charge < -0.3 is 4.74 Å². The molecule has 0 atom stereocenters. The number of rotatable bonds is 1. The second-order valence-corrected chi connectivity index (χ2v) is 5.39. The summed E-state index contributed by atoms with van der Waals surface area (Å²) in [5.41, 5.74) is 3.38. The van der Waals surface area contributed by atoms with Crippen LogP contribution in [0.15, 0.2) is 30.6 Å². The molecule has 1 aromatic heterocycles. The smallest absolute Gasteiger partial charge is 0.188 e. The molecule has 1 aromatic carbocycles. The first-order chi connectivity index (χ1) is 8.97. The van der Waals surface area contributed by atoms with Crippen LogP contribution >= 0.6 is 0 Å². The minimum Gasteiger partial charge on any atom is -0.363 e. The fourth-order valence-corrected chi connectivity index (χ4v) is 2.44. The third-order valence-corrected chi connectivity index (χ3v) is 3.57. The molecule has 0 radical (unpaired) electrons. The fraction of sp³-hybridized carbons (Fsp3) is 0.333. The van der Waals surface area contributed by atoms with Gasteiger partial charge in [0.15, 0.2) is 5.78 Å². The van der Waals surface area contributed by atoms with Gasteiger partial charge in [0.25, 0.3) is 0 Å². The molecule has 0 bridgehead atoms. The molecular formula is C15H16N2O2. The van der Waals surface area contributed by atoms with E-state index >= 15 is 0 Å². The van der Waals surface area contributed by atoms with Gasteiger partial charge in [-0.05, 0) is 31.0 Å². The van der Waals surface area contributed by atoms with Crippen LogP contribution in [0.2, 0.25) is 0 Å². The average Bonchev–Trinajstić information content (AvgIpc) is 2.81. The number of carbonyl (C=O) groups is 1.